The summed E-state index contributed by atoms with van der Waals surface area (Å²) in [7, 11) is 0. The number of aliphatic hydroxyl groups is 2. The summed E-state index contributed by atoms with van der Waals surface area (Å²) in [5.41, 5.74) is 1.56. The summed E-state index contributed by atoms with van der Waals surface area (Å²) in [5, 5.41) is 25.1. The average molecular weight is 598 g/mol. The van der Waals surface area contributed by atoms with Crippen molar-refractivity contribution in [1.29, 1.82) is 0 Å². The van der Waals surface area contributed by atoms with Gasteiger partial charge in [-0.15, -0.1) is 11.3 Å². The molecular weight excluding hydrogens is 567 g/mol. The minimum Gasteiger partial charge on any atom is -0.463 e. The lowest BCUT2D eigenvalue weighted by Crippen LogP contribution is -2.50. The molecule has 9 nitrogen and oxygen atoms in total. The predicted molar refractivity (Wildman–Crippen MR) is 141 cm³/mol. The number of aromatic nitrogens is 1. The lowest BCUT2D eigenvalue weighted by atomic mass is 9.94. The molecule has 2 aliphatic heterocycles. The summed E-state index contributed by atoms with van der Waals surface area (Å²) in [6, 6.07) is 3.46. The molecule has 0 radical (unpaired) electrons. The van der Waals surface area contributed by atoms with E-state index in [9.17, 15) is 19.4 Å². The van der Waals surface area contributed by atoms with Crippen LogP contribution in [0.4, 0.5) is 4.39 Å². The third kappa shape index (κ3) is 6.62. The van der Waals surface area contributed by atoms with Crippen molar-refractivity contribution in [3.05, 3.63) is 61.9 Å². The third-order valence-electron chi connectivity index (χ3n) is 6.35. The maximum Gasteiger partial charge on any atom is 0.338 e. The lowest BCUT2D eigenvalue weighted by molar-refractivity contribution is -0.139. The van der Waals surface area contributed by atoms with Gasteiger partial charge in [0.25, 0.3) is 0 Å². The zero-order chi connectivity index (χ0) is 26.4. The first kappa shape index (κ1) is 27.8. The lowest BCUT2D eigenvalue weighted by Gasteiger charge is -2.39. The first-order valence-electron chi connectivity index (χ1n) is 12.1. The van der Waals surface area contributed by atoms with E-state index >= 15 is 0 Å². The molecule has 2 atom stereocenters. The van der Waals surface area contributed by atoms with Crippen molar-refractivity contribution in [2.24, 2.45) is 10.9 Å². The average Bonchev–Trinajstić information content (AvgIpc) is 3.43. The van der Waals surface area contributed by atoms with E-state index in [1.165, 1.54) is 23.5 Å². The quantitative estimate of drug-likeness (QED) is 0.358. The van der Waals surface area contributed by atoms with Gasteiger partial charge in [0.05, 0.1) is 25.4 Å². The zero-order valence-electron chi connectivity index (χ0n) is 20.4. The van der Waals surface area contributed by atoms with Crippen molar-refractivity contribution in [2.75, 3.05) is 46.1 Å². The number of aliphatic imine (C=N–C) groups is 1. The number of rotatable bonds is 10. The van der Waals surface area contributed by atoms with E-state index in [1.807, 2.05) is 5.38 Å². The number of morpholine rings is 1. The molecule has 3 heterocycles. The molecule has 1 aromatic carbocycles. The van der Waals surface area contributed by atoms with Crippen molar-refractivity contribution >= 4 is 39.1 Å². The Hall–Kier alpha value is -2.22. The molecule has 4 rings (SSSR count). The fourth-order valence-corrected chi connectivity index (χ4v) is 5.63. The van der Waals surface area contributed by atoms with E-state index < -0.39 is 17.8 Å². The Balaban J connectivity index is 1.77. The van der Waals surface area contributed by atoms with Crippen LogP contribution in [0.2, 0.25) is 0 Å². The van der Waals surface area contributed by atoms with Crippen LogP contribution < -0.4 is 5.32 Å². The fourth-order valence-electron chi connectivity index (χ4n) is 4.48. The Morgan fingerprint density at radius 1 is 1.41 bits per heavy atom. The number of nitrogens with zero attached hydrogens (tertiary/aromatic N) is 3. The monoisotopic (exact) mass is 596 g/mol. The van der Waals surface area contributed by atoms with Crippen LogP contribution in [0, 0.1) is 11.7 Å². The number of halogens is 2. The maximum atomic E-state index is 13.9. The highest BCUT2D eigenvalue weighted by Gasteiger charge is 2.36. The van der Waals surface area contributed by atoms with E-state index in [2.05, 4.69) is 31.1 Å². The van der Waals surface area contributed by atoms with Crippen LogP contribution >= 0.6 is 27.3 Å². The Kier molecular flexibility index (Phi) is 9.79. The second kappa shape index (κ2) is 13.0. The standard InChI is InChI=1S/C25H30BrFN4O5S/c1-2-36-25(34)21-20(11-31-6-7-35-14-17(31)9-15(12-32)13-33)29-23(24-28-5-8-37-24)30-22(21)18-4-3-16(27)10-19(18)26/h3-5,8,10,15,17,22,32-33H,2,6-7,9,11-14H2,1H3,(H,29,30). The van der Waals surface area contributed by atoms with Crippen molar-refractivity contribution in [3.63, 3.8) is 0 Å². The topological polar surface area (TPSA) is 117 Å². The minimum atomic E-state index is -0.758. The highest BCUT2D eigenvalue weighted by atomic mass is 79.9. The number of ether oxygens (including phenoxy) is 2. The van der Waals surface area contributed by atoms with Gasteiger partial charge in [-0.3, -0.25) is 9.89 Å². The van der Waals surface area contributed by atoms with Crippen molar-refractivity contribution in [3.8, 4) is 0 Å². The normalized spacial score (nSPS) is 20.6. The Labute approximate surface area is 227 Å². The molecule has 0 saturated carbocycles. The van der Waals surface area contributed by atoms with Crippen LogP contribution in [0.25, 0.3) is 0 Å². The van der Waals surface area contributed by atoms with Crippen LogP contribution in [-0.4, -0.2) is 84.1 Å². The third-order valence-corrected chi connectivity index (χ3v) is 7.81. The van der Waals surface area contributed by atoms with Gasteiger partial charge < -0.3 is 25.0 Å². The Morgan fingerprint density at radius 2 is 2.22 bits per heavy atom. The molecule has 200 valence electrons. The van der Waals surface area contributed by atoms with Gasteiger partial charge in [0.1, 0.15) is 11.9 Å². The summed E-state index contributed by atoms with van der Waals surface area (Å²) in [4.78, 5) is 24.8. The van der Waals surface area contributed by atoms with Crippen LogP contribution in [0.15, 0.2) is 50.5 Å². The van der Waals surface area contributed by atoms with Gasteiger partial charge >= 0.3 is 5.97 Å². The summed E-state index contributed by atoms with van der Waals surface area (Å²) in [5.74, 6) is -0.689. The molecular formula is C25H30BrFN4O5S. The van der Waals surface area contributed by atoms with Crippen LogP contribution in [0.5, 0.6) is 0 Å². The van der Waals surface area contributed by atoms with Crippen molar-refractivity contribution < 1.29 is 28.9 Å². The largest absolute Gasteiger partial charge is 0.463 e. The Bertz CT molecular complexity index is 1140. The first-order valence-corrected chi connectivity index (χ1v) is 13.8. The predicted octanol–water partition coefficient (Wildman–Crippen LogP) is 2.64. The number of hydrogen-bond acceptors (Lipinski definition) is 10. The number of nitrogens with one attached hydrogen (secondary N) is 1. The smallest absolute Gasteiger partial charge is 0.338 e. The second-order valence-corrected chi connectivity index (χ2v) is 10.5. The fraction of sp³-hybridized carbons (Fsp3) is 0.480. The number of carbonyl (C=O) groups is 1. The highest BCUT2D eigenvalue weighted by molar-refractivity contribution is 9.10. The van der Waals surface area contributed by atoms with E-state index in [-0.39, 0.29) is 31.8 Å². The molecule has 2 aromatic rings. The number of aliphatic hydroxyl groups excluding tert-OH is 2. The molecule has 0 spiro atoms. The van der Waals surface area contributed by atoms with E-state index in [0.717, 1.165) is 0 Å². The zero-order valence-corrected chi connectivity index (χ0v) is 22.8. The molecule has 2 aliphatic rings. The summed E-state index contributed by atoms with van der Waals surface area (Å²) in [6.45, 7) is 3.58. The molecule has 2 unspecified atom stereocenters. The van der Waals surface area contributed by atoms with Gasteiger partial charge in [0.15, 0.2) is 10.8 Å². The summed E-state index contributed by atoms with van der Waals surface area (Å²) >= 11 is 4.86. The van der Waals surface area contributed by atoms with Crippen LogP contribution in [-0.2, 0) is 14.3 Å². The van der Waals surface area contributed by atoms with Crippen LogP contribution in [0.1, 0.15) is 30.0 Å². The number of hydrogen-bond donors (Lipinski definition) is 3. The maximum absolute atomic E-state index is 13.9. The molecule has 0 bridgehead atoms. The van der Waals surface area contributed by atoms with E-state index in [4.69, 9.17) is 14.5 Å². The molecule has 0 amide bonds. The number of benzene rings is 1. The molecule has 1 fully saturated rings. The number of esters is 1. The molecule has 3 N–H and O–H groups in total. The number of carbonyl (C=O) groups excluding carboxylic acids is 1. The minimum absolute atomic E-state index is 0.0750. The molecule has 37 heavy (non-hydrogen) atoms. The van der Waals surface area contributed by atoms with Gasteiger partial charge in [-0.25, -0.2) is 14.2 Å². The number of amidine groups is 1. The molecule has 12 heteroatoms. The molecule has 0 aliphatic carbocycles. The second-order valence-electron chi connectivity index (χ2n) is 8.79. The molecule has 1 saturated heterocycles. The summed E-state index contributed by atoms with van der Waals surface area (Å²) < 4.78 is 25.6. The van der Waals surface area contributed by atoms with Gasteiger partial charge in [-0.2, -0.15) is 0 Å². The van der Waals surface area contributed by atoms with E-state index in [0.29, 0.717) is 64.9 Å². The summed E-state index contributed by atoms with van der Waals surface area (Å²) in [6.07, 6.45) is 2.22. The van der Waals surface area contributed by atoms with Gasteiger partial charge in [0, 0.05) is 60.0 Å². The van der Waals surface area contributed by atoms with Gasteiger partial charge in [0.2, 0.25) is 0 Å². The molecule has 1 aromatic heterocycles. The van der Waals surface area contributed by atoms with Crippen molar-refractivity contribution in [1.82, 2.24) is 15.2 Å². The SMILES string of the molecule is CCOC(=O)C1=C(CN2CCOCC2CC(CO)CO)NC(c2nccs2)=NC1c1ccc(F)cc1Br. The van der Waals surface area contributed by atoms with E-state index in [1.54, 1.807) is 19.2 Å². The van der Waals surface area contributed by atoms with Gasteiger partial charge in [-0.1, -0.05) is 22.0 Å². The van der Waals surface area contributed by atoms with Gasteiger partial charge in [-0.05, 0) is 31.0 Å². The first-order chi connectivity index (χ1) is 17.9. The van der Waals surface area contributed by atoms with Crippen molar-refractivity contribution in [2.45, 2.75) is 25.4 Å². The highest BCUT2D eigenvalue weighted by Crippen LogP contribution is 2.37. The Morgan fingerprint density at radius 3 is 2.89 bits per heavy atom. The van der Waals surface area contributed by atoms with Crippen LogP contribution in [0.3, 0.4) is 0 Å². The number of thiazole rings is 1.